The molecule has 1 aliphatic rings. The zero-order chi connectivity index (χ0) is 11.7. The Morgan fingerprint density at radius 1 is 1.56 bits per heavy atom. The summed E-state index contributed by atoms with van der Waals surface area (Å²) >= 11 is 0. The molecule has 2 heterocycles. The van der Waals surface area contributed by atoms with Crippen LogP contribution in [-0.2, 0) is 0 Å². The summed E-state index contributed by atoms with van der Waals surface area (Å²) in [6, 6.07) is 0. The number of H-pyrrole nitrogens is 1. The average molecular weight is 221 g/mol. The molecule has 2 rings (SSSR count). The predicted molar refractivity (Wildman–Crippen MR) is 62.4 cm³/mol. The van der Waals surface area contributed by atoms with E-state index < -0.39 is 0 Å². The molecule has 1 saturated heterocycles. The summed E-state index contributed by atoms with van der Waals surface area (Å²) in [5.41, 5.74) is 2.45. The monoisotopic (exact) mass is 221 g/mol. The molecular weight excluding hydrogens is 202 g/mol. The Kier molecular flexibility index (Phi) is 2.99. The van der Waals surface area contributed by atoms with Crippen LogP contribution in [0.1, 0.15) is 41.5 Å². The number of hydrogen-bond acceptors (Lipinski definition) is 2. The average Bonchev–Trinajstić information content (AvgIpc) is 2.85. The normalized spacial score (nSPS) is 20.4. The largest absolute Gasteiger partial charge is 0.338 e. The molecule has 1 aromatic rings. The van der Waals surface area contributed by atoms with Gasteiger partial charge in [0.25, 0.3) is 5.91 Å². The molecule has 4 nitrogen and oxygen atoms in total. The molecule has 0 aliphatic carbocycles. The van der Waals surface area contributed by atoms with Crippen LogP contribution in [0.4, 0.5) is 0 Å². The summed E-state index contributed by atoms with van der Waals surface area (Å²) < 4.78 is 0. The van der Waals surface area contributed by atoms with Crippen molar-refractivity contribution < 1.29 is 4.79 Å². The van der Waals surface area contributed by atoms with Crippen LogP contribution in [-0.4, -0.2) is 34.1 Å². The highest BCUT2D eigenvalue weighted by Crippen LogP contribution is 2.22. The van der Waals surface area contributed by atoms with Gasteiger partial charge in [0, 0.05) is 18.8 Å². The number of nitrogens with zero attached hydrogens (tertiary/aromatic N) is 2. The SMILES string of the molecule is CCC1CCN(C(=O)c2c(C)n[nH]c2C)C1. The number of aromatic nitrogens is 2. The minimum Gasteiger partial charge on any atom is -0.338 e. The van der Waals surface area contributed by atoms with Crippen LogP contribution in [0, 0.1) is 19.8 Å². The number of likely N-dealkylation sites (tertiary alicyclic amines) is 1. The third-order valence-corrected chi connectivity index (χ3v) is 3.49. The predicted octanol–water partition coefficient (Wildman–Crippen LogP) is 1.90. The maximum atomic E-state index is 12.3. The molecule has 4 heteroatoms. The van der Waals surface area contributed by atoms with Crippen molar-refractivity contribution in [3.63, 3.8) is 0 Å². The first kappa shape index (κ1) is 11.2. The number of rotatable bonds is 2. The smallest absolute Gasteiger partial charge is 0.257 e. The van der Waals surface area contributed by atoms with Gasteiger partial charge < -0.3 is 4.90 Å². The lowest BCUT2D eigenvalue weighted by Gasteiger charge is -2.16. The van der Waals surface area contributed by atoms with Gasteiger partial charge in [0.1, 0.15) is 0 Å². The van der Waals surface area contributed by atoms with Crippen LogP contribution >= 0.6 is 0 Å². The fourth-order valence-electron chi connectivity index (χ4n) is 2.37. The topological polar surface area (TPSA) is 49.0 Å². The van der Waals surface area contributed by atoms with Gasteiger partial charge in [-0.1, -0.05) is 13.3 Å². The van der Waals surface area contributed by atoms with Crippen molar-refractivity contribution in [2.24, 2.45) is 5.92 Å². The number of aromatic amines is 1. The second kappa shape index (κ2) is 4.28. The van der Waals surface area contributed by atoms with Crippen molar-refractivity contribution in [1.82, 2.24) is 15.1 Å². The number of carbonyl (C=O) groups is 1. The quantitative estimate of drug-likeness (QED) is 0.829. The van der Waals surface area contributed by atoms with E-state index in [1.165, 1.54) is 0 Å². The molecule has 1 amide bonds. The Morgan fingerprint density at radius 3 is 2.81 bits per heavy atom. The van der Waals surface area contributed by atoms with Crippen LogP contribution in [0.2, 0.25) is 0 Å². The Balaban J connectivity index is 2.15. The summed E-state index contributed by atoms with van der Waals surface area (Å²) in [6.07, 6.45) is 2.30. The Bertz CT molecular complexity index is 377. The van der Waals surface area contributed by atoms with Crippen molar-refractivity contribution in [2.45, 2.75) is 33.6 Å². The van der Waals surface area contributed by atoms with Crippen LogP contribution in [0.3, 0.4) is 0 Å². The molecule has 0 aromatic carbocycles. The highest BCUT2D eigenvalue weighted by molar-refractivity contribution is 5.96. The van der Waals surface area contributed by atoms with Crippen LogP contribution < -0.4 is 0 Å². The van der Waals surface area contributed by atoms with E-state index in [9.17, 15) is 4.79 Å². The van der Waals surface area contributed by atoms with Crippen LogP contribution in [0.25, 0.3) is 0 Å². The van der Waals surface area contributed by atoms with Gasteiger partial charge in [-0.05, 0) is 26.2 Å². The molecule has 0 radical (unpaired) electrons. The van der Waals surface area contributed by atoms with Crippen molar-refractivity contribution in [1.29, 1.82) is 0 Å². The van der Waals surface area contributed by atoms with Crippen LogP contribution in [0.5, 0.6) is 0 Å². The number of aryl methyl sites for hydroxylation is 2. The van der Waals surface area contributed by atoms with Gasteiger partial charge in [0.15, 0.2) is 0 Å². The van der Waals surface area contributed by atoms with Gasteiger partial charge in [-0.15, -0.1) is 0 Å². The molecule has 0 spiro atoms. The van der Waals surface area contributed by atoms with Gasteiger partial charge in [-0.3, -0.25) is 9.89 Å². The minimum atomic E-state index is 0.139. The lowest BCUT2D eigenvalue weighted by molar-refractivity contribution is 0.0785. The molecule has 1 N–H and O–H groups in total. The van der Waals surface area contributed by atoms with Gasteiger partial charge in [0.05, 0.1) is 11.3 Å². The van der Waals surface area contributed by atoms with Crippen molar-refractivity contribution in [3.8, 4) is 0 Å². The molecule has 1 aliphatic heterocycles. The zero-order valence-corrected chi connectivity index (χ0v) is 10.2. The van der Waals surface area contributed by atoms with E-state index in [1.54, 1.807) is 0 Å². The van der Waals surface area contributed by atoms with Crippen molar-refractivity contribution in [3.05, 3.63) is 17.0 Å². The molecule has 1 atom stereocenters. The zero-order valence-electron chi connectivity index (χ0n) is 10.2. The van der Waals surface area contributed by atoms with E-state index in [-0.39, 0.29) is 5.91 Å². The molecule has 1 fully saturated rings. The first-order chi connectivity index (χ1) is 7.63. The van der Waals surface area contributed by atoms with E-state index in [0.29, 0.717) is 5.92 Å². The van der Waals surface area contributed by atoms with E-state index >= 15 is 0 Å². The first-order valence-corrected chi connectivity index (χ1v) is 5.94. The van der Waals surface area contributed by atoms with E-state index in [2.05, 4.69) is 17.1 Å². The first-order valence-electron chi connectivity index (χ1n) is 5.94. The summed E-state index contributed by atoms with van der Waals surface area (Å²) in [5.74, 6) is 0.816. The Hall–Kier alpha value is -1.32. The molecule has 16 heavy (non-hydrogen) atoms. The molecule has 1 aromatic heterocycles. The third kappa shape index (κ3) is 1.84. The second-order valence-electron chi connectivity index (χ2n) is 4.62. The fourth-order valence-corrected chi connectivity index (χ4v) is 2.37. The maximum Gasteiger partial charge on any atom is 0.257 e. The summed E-state index contributed by atoms with van der Waals surface area (Å²) in [4.78, 5) is 14.2. The van der Waals surface area contributed by atoms with E-state index in [4.69, 9.17) is 0 Å². The van der Waals surface area contributed by atoms with E-state index in [0.717, 1.165) is 42.9 Å². The maximum absolute atomic E-state index is 12.3. The number of carbonyl (C=O) groups excluding carboxylic acids is 1. The molecule has 1 unspecified atom stereocenters. The Morgan fingerprint density at radius 2 is 2.31 bits per heavy atom. The third-order valence-electron chi connectivity index (χ3n) is 3.49. The van der Waals surface area contributed by atoms with Crippen molar-refractivity contribution >= 4 is 5.91 Å². The minimum absolute atomic E-state index is 0.139. The highest BCUT2D eigenvalue weighted by Gasteiger charge is 2.28. The fraction of sp³-hybridized carbons (Fsp3) is 0.667. The summed E-state index contributed by atoms with van der Waals surface area (Å²) in [6.45, 7) is 7.76. The number of amides is 1. The van der Waals surface area contributed by atoms with E-state index in [1.807, 2.05) is 18.7 Å². The number of hydrogen-bond donors (Lipinski definition) is 1. The number of nitrogens with one attached hydrogen (secondary N) is 1. The molecule has 88 valence electrons. The molecular formula is C12H19N3O. The van der Waals surface area contributed by atoms with Crippen LogP contribution in [0.15, 0.2) is 0 Å². The van der Waals surface area contributed by atoms with Gasteiger partial charge >= 0.3 is 0 Å². The highest BCUT2D eigenvalue weighted by atomic mass is 16.2. The molecule has 0 saturated carbocycles. The van der Waals surface area contributed by atoms with Gasteiger partial charge in [-0.25, -0.2) is 0 Å². The summed E-state index contributed by atoms with van der Waals surface area (Å²) in [5, 5.41) is 6.94. The standard InChI is InChI=1S/C12H19N3O/c1-4-10-5-6-15(7-10)12(16)11-8(2)13-14-9(11)3/h10H,4-7H2,1-3H3,(H,13,14). The Labute approximate surface area is 96.0 Å². The van der Waals surface area contributed by atoms with Gasteiger partial charge in [0.2, 0.25) is 0 Å². The molecule has 0 bridgehead atoms. The second-order valence-corrected chi connectivity index (χ2v) is 4.62. The van der Waals surface area contributed by atoms with Crippen molar-refractivity contribution in [2.75, 3.05) is 13.1 Å². The lowest BCUT2D eigenvalue weighted by atomic mass is 10.1. The lowest BCUT2D eigenvalue weighted by Crippen LogP contribution is -2.29. The summed E-state index contributed by atoms with van der Waals surface area (Å²) in [7, 11) is 0. The van der Waals surface area contributed by atoms with Gasteiger partial charge in [-0.2, -0.15) is 5.10 Å².